The molecule has 30 heavy (non-hydrogen) atoms. The molecule has 1 N–H and O–H groups in total. The number of nitrogens with one attached hydrogen (secondary N) is 1. The fraction of sp³-hybridized carbons (Fsp3) is 0.318. The number of fused-ring (bicyclic) bond motifs is 2. The van der Waals surface area contributed by atoms with Gasteiger partial charge in [0.2, 0.25) is 5.91 Å². The maximum Gasteiger partial charge on any atom is 0.240 e. The lowest BCUT2D eigenvalue weighted by atomic mass is 9.97. The smallest absolute Gasteiger partial charge is 0.240 e. The largest absolute Gasteiger partial charge is 0.497 e. The first-order chi connectivity index (χ1) is 14.7. The van der Waals surface area contributed by atoms with Gasteiger partial charge in [-0.3, -0.25) is 9.69 Å². The number of amides is 1. The summed E-state index contributed by atoms with van der Waals surface area (Å²) in [5.41, 5.74) is 1.96. The predicted octanol–water partition coefficient (Wildman–Crippen LogP) is 4.73. The number of aromatic nitrogens is 2. The molecule has 0 bridgehead atoms. The number of para-hydroxylation sites is 1. The summed E-state index contributed by atoms with van der Waals surface area (Å²) in [6, 6.07) is 14.0. The van der Waals surface area contributed by atoms with E-state index in [1.54, 1.807) is 18.4 Å². The van der Waals surface area contributed by atoms with Crippen LogP contribution in [-0.4, -0.2) is 47.5 Å². The third-order valence-corrected chi connectivity index (χ3v) is 7.59. The summed E-state index contributed by atoms with van der Waals surface area (Å²) in [6.45, 7) is 2.21. The van der Waals surface area contributed by atoms with Crippen LogP contribution in [0.25, 0.3) is 20.4 Å². The van der Waals surface area contributed by atoms with E-state index in [1.165, 1.54) is 21.0 Å². The third-order valence-electron chi connectivity index (χ3n) is 5.46. The van der Waals surface area contributed by atoms with E-state index in [1.807, 2.05) is 24.3 Å². The van der Waals surface area contributed by atoms with E-state index in [0.29, 0.717) is 17.6 Å². The summed E-state index contributed by atoms with van der Waals surface area (Å²) in [5.74, 6) is 1.26. The van der Waals surface area contributed by atoms with Crippen LogP contribution in [0.3, 0.4) is 0 Å². The summed E-state index contributed by atoms with van der Waals surface area (Å²) in [4.78, 5) is 24.1. The van der Waals surface area contributed by atoms with Gasteiger partial charge in [0.25, 0.3) is 0 Å². The molecule has 1 fully saturated rings. The number of methoxy groups -OCH3 is 1. The van der Waals surface area contributed by atoms with E-state index in [2.05, 4.69) is 33.4 Å². The van der Waals surface area contributed by atoms with Gasteiger partial charge < -0.3 is 10.1 Å². The van der Waals surface area contributed by atoms with Gasteiger partial charge in [-0.05, 0) is 56.3 Å². The molecule has 0 unspecified atom stereocenters. The molecule has 3 heterocycles. The molecule has 8 heteroatoms. The van der Waals surface area contributed by atoms with Crippen LogP contribution in [0.15, 0.2) is 42.5 Å². The second-order valence-corrected chi connectivity index (χ2v) is 9.56. The van der Waals surface area contributed by atoms with Gasteiger partial charge in [0.15, 0.2) is 5.13 Å². The molecule has 5 rings (SSSR count). The highest BCUT2D eigenvalue weighted by Gasteiger charge is 2.24. The standard InChI is InChI=1S/C22H22N4O2S2/c1-28-15-6-7-17-19(12-15)30-22(24-17)25-20(27)13-26-10-8-14(9-11-26)21-23-16-4-2-3-5-18(16)29-21/h2-7,12,14H,8-11,13H2,1H3,(H,24,25,27). The molecular formula is C22H22N4O2S2. The molecule has 0 saturated carbocycles. The highest BCUT2D eigenvalue weighted by atomic mass is 32.1. The van der Waals surface area contributed by atoms with Gasteiger partial charge in [-0.25, -0.2) is 9.97 Å². The number of nitrogens with zero attached hydrogens (tertiary/aromatic N) is 3. The minimum atomic E-state index is -0.0144. The number of carbonyl (C=O) groups is 1. The molecule has 4 aromatic rings. The first-order valence-corrected chi connectivity index (χ1v) is 11.6. The first kappa shape index (κ1) is 19.4. The summed E-state index contributed by atoms with van der Waals surface area (Å²) in [6.07, 6.45) is 2.07. The van der Waals surface area contributed by atoms with Crippen LogP contribution in [0.5, 0.6) is 5.75 Å². The van der Waals surface area contributed by atoms with E-state index in [0.717, 1.165) is 47.4 Å². The molecule has 1 amide bonds. The monoisotopic (exact) mass is 438 g/mol. The van der Waals surface area contributed by atoms with Crippen molar-refractivity contribution in [3.05, 3.63) is 47.5 Å². The van der Waals surface area contributed by atoms with Crippen LogP contribution >= 0.6 is 22.7 Å². The molecule has 154 valence electrons. The molecule has 0 spiro atoms. The Kier molecular flexibility index (Phi) is 5.37. The van der Waals surface area contributed by atoms with Crippen LogP contribution in [0, 0.1) is 0 Å². The average molecular weight is 439 g/mol. The zero-order chi connectivity index (χ0) is 20.5. The van der Waals surface area contributed by atoms with Gasteiger partial charge >= 0.3 is 0 Å². The maximum atomic E-state index is 12.5. The molecule has 0 radical (unpaired) electrons. The normalized spacial score (nSPS) is 15.6. The Morgan fingerprint density at radius 1 is 1.10 bits per heavy atom. The number of ether oxygens (including phenoxy) is 1. The molecular weight excluding hydrogens is 416 g/mol. The van der Waals surface area contributed by atoms with Crippen molar-refractivity contribution in [1.82, 2.24) is 14.9 Å². The van der Waals surface area contributed by atoms with Crippen molar-refractivity contribution in [3.63, 3.8) is 0 Å². The summed E-state index contributed by atoms with van der Waals surface area (Å²) in [5, 5.41) is 4.81. The molecule has 1 saturated heterocycles. The fourth-order valence-corrected chi connectivity index (χ4v) is 5.90. The van der Waals surface area contributed by atoms with Crippen molar-refractivity contribution < 1.29 is 9.53 Å². The SMILES string of the molecule is COc1ccc2nc(NC(=O)CN3CCC(c4nc5ccccc5s4)CC3)sc2c1. The number of anilines is 1. The Labute approximate surface area is 182 Å². The molecule has 1 aliphatic heterocycles. The van der Waals surface area contributed by atoms with Crippen molar-refractivity contribution in [2.75, 3.05) is 32.1 Å². The van der Waals surface area contributed by atoms with Crippen molar-refractivity contribution in [2.45, 2.75) is 18.8 Å². The van der Waals surface area contributed by atoms with Gasteiger partial charge in [0.05, 0.1) is 39.1 Å². The molecule has 1 aliphatic rings. The third kappa shape index (κ3) is 4.03. The Bertz CT molecular complexity index is 1160. The van der Waals surface area contributed by atoms with Crippen molar-refractivity contribution in [1.29, 1.82) is 0 Å². The lowest BCUT2D eigenvalue weighted by molar-refractivity contribution is -0.117. The van der Waals surface area contributed by atoms with E-state index < -0.39 is 0 Å². The van der Waals surface area contributed by atoms with Crippen LogP contribution in [0.2, 0.25) is 0 Å². The van der Waals surface area contributed by atoms with Crippen molar-refractivity contribution >= 4 is 54.1 Å². The van der Waals surface area contributed by atoms with Crippen molar-refractivity contribution in [2.24, 2.45) is 0 Å². The number of likely N-dealkylation sites (tertiary alicyclic amines) is 1. The zero-order valence-corrected chi connectivity index (χ0v) is 18.3. The van der Waals surface area contributed by atoms with E-state index >= 15 is 0 Å². The van der Waals surface area contributed by atoms with Gasteiger partial charge in [-0.1, -0.05) is 23.5 Å². The molecule has 2 aromatic heterocycles. The van der Waals surface area contributed by atoms with Crippen molar-refractivity contribution in [3.8, 4) is 5.75 Å². The number of carbonyl (C=O) groups excluding carboxylic acids is 1. The van der Waals surface area contributed by atoms with Crippen LogP contribution in [-0.2, 0) is 4.79 Å². The summed E-state index contributed by atoms with van der Waals surface area (Å²) in [7, 11) is 1.64. The topological polar surface area (TPSA) is 67.3 Å². The van der Waals surface area contributed by atoms with Crippen LogP contribution < -0.4 is 10.1 Å². The molecule has 0 atom stereocenters. The molecule has 2 aromatic carbocycles. The minimum Gasteiger partial charge on any atom is -0.497 e. The fourth-order valence-electron chi connectivity index (χ4n) is 3.85. The number of hydrogen-bond acceptors (Lipinski definition) is 7. The van der Waals surface area contributed by atoms with E-state index in [9.17, 15) is 4.79 Å². The average Bonchev–Trinajstić information content (AvgIpc) is 3.36. The number of thiazole rings is 2. The lowest BCUT2D eigenvalue weighted by Gasteiger charge is -2.30. The number of rotatable bonds is 5. The summed E-state index contributed by atoms with van der Waals surface area (Å²) >= 11 is 3.27. The quantitative estimate of drug-likeness (QED) is 0.488. The first-order valence-electron chi connectivity index (χ1n) is 10.0. The molecule has 6 nitrogen and oxygen atoms in total. The van der Waals surface area contributed by atoms with Gasteiger partial charge in [-0.15, -0.1) is 11.3 Å². The highest BCUT2D eigenvalue weighted by molar-refractivity contribution is 7.22. The minimum absolute atomic E-state index is 0.0144. The van der Waals surface area contributed by atoms with Gasteiger partial charge in [-0.2, -0.15) is 0 Å². The highest BCUT2D eigenvalue weighted by Crippen LogP contribution is 2.34. The predicted molar refractivity (Wildman–Crippen MR) is 123 cm³/mol. The van der Waals surface area contributed by atoms with Crippen LogP contribution in [0.1, 0.15) is 23.8 Å². The Hall–Kier alpha value is -2.55. The van der Waals surface area contributed by atoms with E-state index in [-0.39, 0.29) is 5.91 Å². The lowest BCUT2D eigenvalue weighted by Crippen LogP contribution is -2.38. The second kappa shape index (κ2) is 8.29. The Morgan fingerprint density at radius 2 is 1.90 bits per heavy atom. The Balaban J connectivity index is 1.16. The Morgan fingerprint density at radius 3 is 2.70 bits per heavy atom. The van der Waals surface area contributed by atoms with E-state index in [4.69, 9.17) is 9.72 Å². The zero-order valence-electron chi connectivity index (χ0n) is 16.6. The van der Waals surface area contributed by atoms with Gasteiger partial charge in [0, 0.05) is 5.92 Å². The maximum absolute atomic E-state index is 12.5. The van der Waals surface area contributed by atoms with Gasteiger partial charge in [0.1, 0.15) is 5.75 Å². The number of piperidine rings is 1. The number of benzene rings is 2. The second-order valence-electron chi connectivity index (χ2n) is 7.47. The number of hydrogen-bond donors (Lipinski definition) is 1. The molecule has 0 aliphatic carbocycles. The van der Waals surface area contributed by atoms with Crippen LogP contribution in [0.4, 0.5) is 5.13 Å². The summed E-state index contributed by atoms with van der Waals surface area (Å²) < 4.78 is 7.51.